The average molecular weight is 341 g/mol. The molecule has 0 aliphatic carbocycles. The fraction of sp³-hybridized carbons (Fsp3) is 0.125. The van der Waals surface area contributed by atoms with E-state index in [2.05, 4.69) is 15.5 Å². The predicted octanol–water partition coefficient (Wildman–Crippen LogP) is 2.06. The summed E-state index contributed by atoms with van der Waals surface area (Å²) in [4.78, 5) is 11.1. The molecule has 1 heterocycles. The summed E-state index contributed by atoms with van der Waals surface area (Å²) in [7, 11) is 1.64. The number of tetrazole rings is 1. The van der Waals surface area contributed by atoms with Gasteiger partial charge in [0.1, 0.15) is 5.75 Å². The standard InChI is InChI=1S/C16H15N5O2S/c1-23-14-8-2-11(3-9-14)10-24-16-18-19-20-21(16)13-6-4-12(5-7-13)15(17)22/h2-9H,10H2,1H3,(H2,17,22). The van der Waals surface area contributed by atoms with Crippen molar-refractivity contribution < 1.29 is 9.53 Å². The second kappa shape index (κ2) is 7.14. The Bertz CT molecular complexity index is 830. The summed E-state index contributed by atoms with van der Waals surface area (Å²) in [5.74, 6) is 1.08. The van der Waals surface area contributed by atoms with Gasteiger partial charge in [-0.25, -0.2) is 0 Å². The second-order valence-corrected chi connectivity index (χ2v) is 5.86. The monoisotopic (exact) mass is 341 g/mol. The molecule has 0 atom stereocenters. The molecule has 3 aromatic rings. The lowest BCUT2D eigenvalue weighted by Crippen LogP contribution is -2.10. The molecule has 0 saturated carbocycles. The Morgan fingerprint density at radius 2 is 1.88 bits per heavy atom. The SMILES string of the molecule is COc1ccc(CSc2nnnn2-c2ccc(C(N)=O)cc2)cc1. The number of nitrogens with two attached hydrogens (primary N) is 1. The Morgan fingerprint density at radius 1 is 1.17 bits per heavy atom. The van der Waals surface area contributed by atoms with Crippen LogP contribution in [0.1, 0.15) is 15.9 Å². The summed E-state index contributed by atoms with van der Waals surface area (Å²) in [5.41, 5.74) is 7.59. The highest BCUT2D eigenvalue weighted by Gasteiger charge is 2.10. The van der Waals surface area contributed by atoms with Gasteiger partial charge in [0.2, 0.25) is 11.1 Å². The minimum atomic E-state index is -0.465. The summed E-state index contributed by atoms with van der Waals surface area (Å²) in [6.45, 7) is 0. The topological polar surface area (TPSA) is 95.9 Å². The zero-order chi connectivity index (χ0) is 16.9. The van der Waals surface area contributed by atoms with Crippen LogP contribution in [0, 0.1) is 0 Å². The molecule has 0 fully saturated rings. The first-order chi connectivity index (χ1) is 11.7. The number of nitrogens with zero attached hydrogens (tertiary/aromatic N) is 4. The second-order valence-electron chi connectivity index (χ2n) is 4.92. The minimum Gasteiger partial charge on any atom is -0.497 e. The average Bonchev–Trinajstić information content (AvgIpc) is 3.09. The number of hydrogen-bond acceptors (Lipinski definition) is 6. The van der Waals surface area contributed by atoms with Crippen LogP contribution in [0.4, 0.5) is 0 Å². The predicted molar refractivity (Wildman–Crippen MR) is 90.2 cm³/mol. The molecule has 1 aromatic heterocycles. The fourth-order valence-electron chi connectivity index (χ4n) is 2.07. The van der Waals surface area contributed by atoms with Crippen LogP contribution in [0.3, 0.4) is 0 Å². The van der Waals surface area contributed by atoms with Crippen LogP contribution in [0.15, 0.2) is 53.7 Å². The van der Waals surface area contributed by atoms with Gasteiger partial charge in [0.05, 0.1) is 12.8 Å². The van der Waals surface area contributed by atoms with E-state index in [4.69, 9.17) is 10.5 Å². The number of hydrogen-bond donors (Lipinski definition) is 1. The van der Waals surface area contributed by atoms with Crippen LogP contribution < -0.4 is 10.5 Å². The van der Waals surface area contributed by atoms with E-state index in [0.29, 0.717) is 10.7 Å². The normalized spacial score (nSPS) is 10.5. The maximum absolute atomic E-state index is 11.1. The van der Waals surface area contributed by atoms with Crippen LogP contribution >= 0.6 is 11.8 Å². The van der Waals surface area contributed by atoms with Gasteiger partial charge in [-0.3, -0.25) is 4.79 Å². The van der Waals surface area contributed by atoms with E-state index in [9.17, 15) is 4.79 Å². The Morgan fingerprint density at radius 3 is 2.50 bits per heavy atom. The lowest BCUT2D eigenvalue weighted by molar-refractivity contribution is 0.100. The van der Waals surface area contributed by atoms with Crippen molar-refractivity contribution in [3.63, 3.8) is 0 Å². The minimum absolute atomic E-state index is 0.444. The number of carbonyl (C=O) groups excluding carboxylic acids is 1. The highest BCUT2D eigenvalue weighted by molar-refractivity contribution is 7.98. The Labute approximate surface area is 142 Å². The molecular weight excluding hydrogens is 326 g/mol. The molecule has 122 valence electrons. The molecule has 0 aliphatic heterocycles. The molecule has 0 spiro atoms. The van der Waals surface area contributed by atoms with Crippen LogP contribution in [0.5, 0.6) is 5.75 Å². The van der Waals surface area contributed by atoms with Crippen molar-refractivity contribution in [1.82, 2.24) is 20.2 Å². The van der Waals surface area contributed by atoms with Crippen molar-refractivity contribution in [2.45, 2.75) is 10.9 Å². The van der Waals surface area contributed by atoms with Gasteiger partial charge in [-0.1, -0.05) is 23.9 Å². The van der Waals surface area contributed by atoms with Crippen molar-refractivity contribution in [2.75, 3.05) is 7.11 Å². The van der Waals surface area contributed by atoms with E-state index < -0.39 is 5.91 Å². The van der Waals surface area contributed by atoms with Crippen molar-refractivity contribution in [1.29, 1.82) is 0 Å². The zero-order valence-electron chi connectivity index (χ0n) is 12.9. The fourth-order valence-corrected chi connectivity index (χ4v) is 2.91. The third-order valence-electron chi connectivity index (χ3n) is 3.36. The number of amides is 1. The largest absolute Gasteiger partial charge is 0.497 e. The summed E-state index contributed by atoms with van der Waals surface area (Å²) in [6, 6.07) is 14.7. The summed E-state index contributed by atoms with van der Waals surface area (Å²) in [6.07, 6.45) is 0. The molecular formula is C16H15N5O2S. The molecule has 0 bridgehead atoms. The van der Waals surface area contributed by atoms with Crippen molar-refractivity contribution in [3.05, 3.63) is 59.7 Å². The van der Waals surface area contributed by atoms with Gasteiger partial charge in [0.15, 0.2) is 0 Å². The Hall–Kier alpha value is -2.87. The highest BCUT2D eigenvalue weighted by atomic mass is 32.2. The zero-order valence-corrected chi connectivity index (χ0v) is 13.7. The lowest BCUT2D eigenvalue weighted by Gasteiger charge is -2.05. The maximum atomic E-state index is 11.1. The first kappa shape index (κ1) is 16.0. The van der Waals surface area contributed by atoms with E-state index in [1.165, 1.54) is 11.8 Å². The first-order valence-electron chi connectivity index (χ1n) is 7.12. The number of rotatable bonds is 6. The first-order valence-corrected chi connectivity index (χ1v) is 8.10. The van der Waals surface area contributed by atoms with Crippen LogP contribution in [-0.2, 0) is 5.75 Å². The van der Waals surface area contributed by atoms with Gasteiger partial charge in [-0.05, 0) is 52.4 Å². The molecule has 0 saturated heterocycles. The third-order valence-corrected chi connectivity index (χ3v) is 4.35. The lowest BCUT2D eigenvalue weighted by atomic mass is 10.2. The van der Waals surface area contributed by atoms with Gasteiger partial charge < -0.3 is 10.5 Å². The summed E-state index contributed by atoms with van der Waals surface area (Å²) >= 11 is 1.52. The molecule has 2 aromatic carbocycles. The molecule has 3 rings (SSSR count). The Balaban J connectivity index is 1.73. The molecule has 1 amide bonds. The van der Waals surface area contributed by atoms with Crippen molar-refractivity contribution in [2.24, 2.45) is 5.73 Å². The van der Waals surface area contributed by atoms with Gasteiger partial charge in [-0.15, -0.1) is 5.10 Å². The molecule has 8 heteroatoms. The number of benzene rings is 2. The summed E-state index contributed by atoms with van der Waals surface area (Å²) < 4.78 is 6.77. The van der Waals surface area contributed by atoms with Crippen molar-refractivity contribution >= 4 is 17.7 Å². The van der Waals surface area contributed by atoms with Crippen LogP contribution in [0.25, 0.3) is 5.69 Å². The molecule has 2 N–H and O–H groups in total. The number of aromatic nitrogens is 4. The van der Waals surface area contributed by atoms with Gasteiger partial charge >= 0.3 is 0 Å². The smallest absolute Gasteiger partial charge is 0.248 e. The molecule has 0 aliphatic rings. The molecule has 24 heavy (non-hydrogen) atoms. The molecule has 0 radical (unpaired) electrons. The van der Waals surface area contributed by atoms with Crippen molar-refractivity contribution in [3.8, 4) is 11.4 Å². The number of ether oxygens (including phenoxy) is 1. The third kappa shape index (κ3) is 3.54. The van der Waals surface area contributed by atoms with E-state index in [1.54, 1.807) is 36.1 Å². The molecule has 0 unspecified atom stereocenters. The van der Waals surface area contributed by atoms with Gasteiger partial charge in [0.25, 0.3) is 0 Å². The highest BCUT2D eigenvalue weighted by Crippen LogP contribution is 2.23. The maximum Gasteiger partial charge on any atom is 0.248 e. The van der Waals surface area contributed by atoms with E-state index in [1.807, 2.05) is 24.3 Å². The van der Waals surface area contributed by atoms with Crippen LogP contribution in [-0.4, -0.2) is 33.2 Å². The Kier molecular flexibility index (Phi) is 4.76. The quantitative estimate of drug-likeness (QED) is 0.690. The number of primary amides is 1. The number of methoxy groups -OCH3 is 1. The van der Waals surface area contributed by atoms with Crippen LogP contribution in [0.2, 0.25) is 0 Å². The van der Waals surface area contributed by atoms with Gasteiger partial charge in [0, 0.05) is 11.3 Å². The molecule has 7 nitrogen and oxygen atoms in total. The van der Waals surface area contributed by atoms with E-state index in [-0.39, 0.29) is 0 Å². The van der Waals surface area contributed by atoms with Gasteiger partial charge in [-0.2, -0.15) is 4.68 Å². The number of carbonyl (C=O) groups is 1. The summed E-state index contributed by atoms with van der Waals surface area (Å²) in [5, 5.41) is 12.4. The number of thioether (sulfide) groups is 1. The van der Waals surface area contributed by atoms with E-state index in [0.717, 1.165) is 22.8 Å². The van der Waals surface area contributed by atoms with E-state index >= 15 is 0 Å².